The number of hydrogen-bond donors (Lipinski definition) is 3. The molecule has 4 rings (SSSR count). The molecule has 2 aromatic carbocycles. The van der Waals surface area contributed by atoms with Crippen molar-refractivity contribution in [1.82, 2.24) is 10.2 Å². The number of carbonyl (C=O) groups is 3. The van der Waals surface area contributed by atoms with Gasteiger partial charge in [0.2, 0.25) is 17.7 Å². The Kier molecular flexibility index (Phi) is 6.27. The fourth-order valence-electron chi connectivity index (χ4n) is 4.13. The average Bonchev–Trinajstić information content (AvgIpc) is 2.75. The van der Waals surface area contributed by atoms with E-state index in [-0.39, 0.29) is 30.2 Å². The predicted molar refractivity (Wildman–Crippen MR) is 115 cm³/mol. The van der Waals surface area contributed by atoms with E-state index in [1.54, 1.807) is 6.07 Å². The number of nitrogens with one attached hydrogen (secondary N) is 3. The summed E-state index contributed by atoms with van der Waals surface area (Å²) in [4.78, 5) is 39.1. The highest BCUT2D eigenvalue weighted by atomic mass is 19.1. The van der Waals surface area contributed by atoms with Gasteiger partial charge in [-0.25, -0.2) is 4.39 Å². The number of likely N-dealkylation sites (tertiary alicyclic amines) is 1. The van der Waals surface area contributed by atoms with Gasteiger partial charge in [-0.1, -0.05) is 24.3 Å². The Morgan fingerprint density at radius 2 is 1.84 bits per heavy atom. The molecule has 7 nitrogen and oxygen atoms in total. The van der Waals surface area contributed by atoms with E-state index in [1.807, 2.05) is 30.3 Å². The van der Waals surface area contributed by atoms with Gasteiger partial charge in [0.15, 0.2) is 0 Å². The molecule has 1 fully saturated rings. The van der Waals surface area contributed by atoms with Crippen molar-refractivity contribution in [3.63, 3.8) is 0 Å². The lowest BCUT2D eigenvalue weighted by Crippen LogP contribution is -2.48. The molecule has 0 radical (unpaired) electrons. The van der Waals surface area contributed by atoms with Crippen molar-refractivity contribution in [3.05, 3.63) is 59.9 Å². The maximum atomic E-state index is 13.5. The molecular formula is C23H25FN4O3. The van der Waals surface area contributed by atoms with Gasteiger partial charge in [-0.05, 0) is 42.7 Å². The first-order chi connectivity index (χ1) is 15.0. The number of carbonyl (C=O) groups excluding carboxylic acids is 3. The van der Waals surface area contributed by atoms with Gasteiger partial charge in [0, 0.05) is 36.9 Å². The topological polar surface area (TPSA) is 90.5 Å². The molecule has 2 aliphatic rings. The van der Waals surface area contributed by atoms with E-state index in [4.69, 9.17) is 0 Å². The molecule has 2 heterocycles. The van der Waals surface area contributed by atoms with E-state index in [0.29, 0.717) is 30.9 Å². The SMILES string of the molecule is O=C(CN1CCC(NC(=O)C2CC(=O)Nc3cc(F)ccc32)CC1)Nc1ccccc1. The predicted octanol–water partition coefficient (Wildman–Crippen LogP) is 2.47. The first kappa shape index (κ1) is 21.0. The van der Waals surface area contributed by atoms with Crippen molar-refractivity contribution in [2.24, 2.45) is 0 Å². The third-order valence-electron chi connectivity index (χ3n) is 5.73. The first-order valence-corrected chi connectivity index (χ1v) is 10.4. The van der Waals surface area contributed by atoms with E-state index in [2.05, 4.69) is 20.9 Å². The Morgan fingerprint density at radius 1 is 1.10 bits per heavy atom. The van der Waals surface area contributed by atoms with Crippen LogP contribution in [-0.2, 0) is 14.4 Å². The second-order valence-electron chi connectivity index (χ2n) is 8.01. The van der Waals surface area contributed by atoms with Crippen LogP contribution < -0.4 is 16.0 Å². The second kappa shape index (κ2) is 9.26. The smallest absolute Gasteiger partial charge is 0.238 e. The molecule has 0 aromatic heterocycles. The van der Waals surface area contributed by atoms with Gasteiger partial charge >= 0.3 is 0 Å². The highest BCUT2D eigenvalue weighted by molar-refractivity contribution is 6.01. The number of piperidine rings is 1. The van der Waals surface area contributed by atoms with E-state index in [0.717, 1.165) is 18.5 Å². The molecule has 3 amide bonds. The van der Waals surface area contributed by atoms with Crippen LogP contribution in [0.3, 0.4) is 0 Å². The number of nitrogens with zero attached hydrogens (tertiary/aromatic N) is 1. The van der Waals surface area contributed by atoms with Crippen LogP contribution in [0.15, 0.2) is 48.5 Å². The average molecular weight is 424 g/mol. The highest BCUT2D eigenvalue weighted by Crippen LogP contribution is 2.33. The molecule has 2 aromatic rings. The van der Waals surface area contributed by atoms with Gasteiger partial charge < -0.3 is 16.0 Å². The molecule has 31 heavy (non-hydrogen) atoms. The molecule has 2 aliphatic heterocycles. The molecular weight excluding hydrogens is 399 g/mol. The molecule has 1 atom stereocenters. The molecule has 1 unspecified atom stereocenters. The minimum absolute atomic E-state index is 0.0187. The number of hydrogen-bond acceptors (Lipinski definition) is 4. The zero-order chi connectivity index (χ0) is 21.8. The molecule has 0 saturated carbocycles. The fraction of sp³-hybridized carbons (Fsp3) is 0.348. The molecule has 3 N–H and O–H groups in total. The van der Waals surface area contributed by atoms with Crippen LogP contribution >= 0.6 is 0 Å². The lowest BCUT2D eigenvalue weighted by Gasteiger charge is -2.33. The summed E-state index contributed by atoms with van der Waals surface area (Å²) >= 11 is 0. The quantitative estimate of drug-likeness (QED) is 0.688. The van der Waals surface area contributed by atoms with Gasteiger partial charge in [-0.15, -0.1) is 0 Å². The summed E-state index contributed by atoms with van der Waals surface area (Å²) in [5.74, 6) is -1.66. The van der Waals surface area contributed by atoms with Crippen molar-refractivity contribution in [2.45, 2.75) is 31.2 Å². The number of benzene rings is 2. The third-order valence-corrected chi connectivity index (χ3v) is 5.73. The summed E-state index contributed by atoms with van der Waals surface area (Å²) in [6.45, 7) is 1.69. The van der Waals surface area contributed by atoms with E-state index >= 15 is 0 Å². The van der Waals surface area contributed by atoms with Crippen molar-refractivity contribution >= 4 is 29.1 Å². The fourth-order valence-corrected chi connectivity index (χ4v) is 4.13. The van der Waals surface area contributed by atoms with Crippen molar-refractivity contribution in [1.29, 1.82) is 0 Å². The molecule has 0 bridgehead atoms. The summed E-state index contributed by atoms with van der Waals surface area (Å²) in [6.07, 6.45) is 1.49. The summed E-state index contributed by atoms with van der Waals surface area (Å²) < 4.78 is 13.5. The maximum absolute atomic E-state index is 13.5. The number of halogens is 1. The van der Waals surface area contributed by atoms with Crippen molar-refractivity contribution in [2.75, 3.05) is 30.3 Å². The lowest BCUT2D eigenvalue weighted by molar-refractivity contribution is -0.127. The Labute approximate surface area is 180 Å². The van der Waals surface area contributed by atoms with Gasteiger partial charge in [-0.2, -0.15) is 0 Å². The number of para-hydroxylation sites is 1. The molecule has 0 aliphatic carbocycles. The summed E-state index contributed by atoms with van der Waals surface area (Å²) in [7, 11) is 0. The molecule has 162 valence electrons. The number of anilines is 2. The van der Waals surface area contributed by atoms with Crippen LogP contribution in [0, 0.1) is 5.82 Å². The number of rotatable bonds is 5. The van der Waals surface area contributed by atoms with Gasteiger partial charge in [0.1, 0.15) is 5.82 Å². The normalized spacial score (nSPS) is 19.3. The van der Waals surface area contributed by atoms with Gasteiger partial charge in [-0.3, -0.25) is 19.3 Å². The van der Waals surface area contributed by atoms with Gasteiger partial charge in [0.05, 0.1) is 12.5 Å². The minimum atomic E-state index is -0.626. The van der Waals surface area contributed by atoms with Crippen LogP contribution in [0.2, 0.25) is 0 Å². The second-order valence-corrected chi connectivity index (χ2v) is 8.01. The Morgan fingerprint density at radius 3 is 2.58 bits per heavy atom. The van der Waals surface area contributed by atoms with E-state index in [9.17, 15) is 18.8 Å². The Bertz CT molecular complexity index is 974. The van der Waals surface area contributed by atoms with Crippen LogP contribution in [0.25, 0.3) is 0 Å². The highest BCUT2D eigenvalue weighted by Gasteiger charge is 2.32. The summed E-state index contributed by atoms with van der Waals surface area (Å²) in [5.41, 5.74) is 1.76. The molecule has 0 spiro atoms. The Balaban J connectivity index is 1.28. The van der Waals surface area contributed by atoms with E-state index < -0.39 is 11.7 Å². The lowest BCUT2D eigenvalue weighted by atomic mass is 9.89. The van der Waals surface area contributed by atoms with Crippen LogP contribution in [0.1, 0.15) is 30.7 Å². The summed E-state index contributed by atoms with van der Waals surface area (Å²) in [6, 6.07) is 13.4. The number of fused-ring (bicyclic) bond motifs is 1. The van der Waals surface area contributed by atoms with Crippen molar-refractivity contribution in [3.8, 4) is 0 Å². The number of amides is 3. The van der Waals surface area contributed by atoms with E-state index in [1.165, 1.54) is 12.1 Å². The third kappa shape index (κ3) is 5.27. The standard InChI is InChI=1S/C23H25FN4O3/c24-15-6-7-18-19(13-21(29)27-20(18)12-15)23(31)26-17-8-10-28(11-9-17)14-22(30)25-16-4-2-1-3-5-16/h1-7,12,17,19H,8-11,13-14H2,(H,25,30)(H,26,31)(H,27,29). The zero-order valence-corrected chi connectivity index (χ0v) is 17.1. The summed E-state index contributed by atoms with van der Waals surface area (Å²) in [5, 5.41) is 8.54. The van der Waals surface area contributed by atoms with Crippen molar-refractivity contribution < 1.29 is 18.8 Å². The van der Waals surface area contributed by atoms with Crippen LogP contribution in [0.5, 0.6) is 0 Å². The maximum Gasteiger partial charge on any atom is 0.238 e. The zero-order valence-electron chi connectivity index (χ0n) is 17.1. The monoisotopic (exact) mass is 424 g/mol. The van der Waals surface area contributed by atoms with Crippen LogP contribution in [0.4, 0.5) is 15.8 Å². The molecule has 1 saturated heterocycles. The molecule has 8 heteroatoms. The Hall–Kier alpha value is -3.26. The first-order valence-electron chi connectivity index (χ1n) is 10.4. The largest absolute Gasteiger partial charge is 0.353 e. The van der Waals surface area contributed by atoms with Crippen LogP contribution in [-0.4, -0.2) is 48.3 Å². The van der Waals surface area contributed by atoms with Gasteiger partial charge in [0.25, 0.3) is 0 Å². The minimum Gasteiger partial charge on any atom is -0.353 e.